The number of rotatable bonds is 5. The maximum Gasteiger partial charge on any atom is 0.318 e. The first kappa shape index (κ1) is 16.0. The molecule has 3 rings (SSSR count). The molecule has 1 aliphatic heterocycles. The van der Waals surface area contributed by atoms with Crippen LogP contribution in [0.1, 0.15) is 12.8 Å². The van der Waals surface area contributed by atoms with Crippen LogP contribution in [-0.2, 0) is 4.79 Å². The Morgan fingerprint density at radius 1 is 1.33 bits per heavy atom. The number of primary amides is 1. The normalized spacial score (nSPS) is 17.0. The lowest BCUT2D eigenvalue weighted by Crippen LogP contribution is -2.48. The fourth-order valence-corrected chi connectivity index (χ4v) is 2.92. The molecular weight excluding hydrogens is 308 g/mol. The van der Waals surface area contributed by atoms with Gasteiger partial charge in [0.15, 0.2) is 0 Å². The SMILES string of the molecule is NC(=O)[C@H]1CCCN1C(=O)NCCOc1cccc2cccnc12. The first-order valence-corrected chi connectivity index (χ1v) is 7.97. The van der Waals surface area contributed by atoms with Crippen molar-refractivity contribution in [1.29, 1.82) is 0 Å². The number of likely N-dealkylation sites (tertiary alicyclic amines) is 1. The van der Waals surface area contributed by atoms with E-state index in [0.29, 0.717) is 31.9 Å². The van der Waals surface area contributed by atoms with Gasteiger partial charge in [-0.2, -0.15) is 0 Å². The number of benzene rings is 1. The van der Waals surface area contributed by atoms with Crippen molar-refractivity contribution in [3.8, 4) is 5.75 Å². The molecule has 1 saturated heterocycles. The van der Waals surface area contributed by atoms with Crippen molar-refractivity contribution in [3.63, 3.8) is 0 Å². The zero-order valence-corrected chi connectivity index (χ0v) is 13.3. The molecular formula is C17H20N4O3. The van der Waals surface area contributed by atoms with Crippen molar-refractivity contribution < 1.29 is 14.3 Å². The summed E-state index contributed by atoms with van der Waals surface area (Å²) in [6.45, 7) is 1.20. The second kappa shape index (κ2) is 7.16. The molecule has 0 aliphatic carbocycles. The van der Waals surface area contributed by atoms with E-state index in [-0.39, 0.29) is 6.03 Å². The second-order valence-corrected chi connectivity index (χ2v) is 5.67. The van der Waals surface area contributed by atoms with Gasteiger partial charge in [0.2, 0.25) is 5.91 Å². The quantitative estimate of drug-likeness (QED) is 0.808. The van der Waals surface area contributed by atoms with Gasteiger partial charge in [0.25, 0.3) is 0 Å². The third kappa shape index (κ3) is 3.40. The molecule has 0 spiro atoms. The van der Waals surface area contributed by atoms with E-state index in [2.05, 4.69) is 10.3 Å². The van der Waals surface area contributed by atoms with Crippen molar-refractivity contribution in [3.05, 3.63) is 36.5 Å². The maximum atomic E-state index is 12.1. The van der Waals surface area contributed by atoms with Gasteiger partial charge in [-0.05, 0) is 25.0 Å². The lowest BCUT2D eigenvalue weighted by atomic mass is 10.2. The van der Waals surface area contributed by atoms with Crippen LogP contribution < -0.4 is 15.8 Å². The maximum absolute atomic E-state index is 12.1. The number of fused-ring (bicyclic) bond motifs is 1. The summed E-state index contributed by atoms with van der Waals surface area (Å²) in [6.07, 6.45) is 3.13. The van der Waals surface area contributed by atoms with Crippen LogP contribution in [0.25, 0.3) is 10.9 Å². The van der Waals surface area contributed by atoms with E-state index in [1.54, 1.807) is 6.20 Å². The Hall–Kier alpha value is -2.83. The molecule has 2 aromatic rings. The number of aromatic nitrogens is 1. The van der Waals surface area contributed by atoms with Crippen molar-refractivity contribution in [1.82, 2.24) is 15.2 Å². The molecule has 1 aromatic heterocycles. The summed E-state index contributed by atoms with van der Waals surface area (Å²) in [5.41, 5.74) is 6.11. The fourth-order valence-electron chi connectivity index (χ4n) is 2.92. The van der Waals surface area contributed by atoms with Crippen LogP contribution in [0.3, 0.4) is 0 Å². The molecule has 126 valence electrons. The van der Waals surface area contributed by atoms with Gasteiger partial charge in [-0.1, -0.05) is 18.2 Å². The average Bonchev–Trinajstić information content (AvgIpc) is 3.09. The van der Waals surface area contributed by atoms with Crippen molar-refractivity contribution in [2.75, 3.05) is 19.7 Å². The van der Waals surface area contributed by atoms with E-state index < -0.39 is 11.9 Å². The first-order valence-electron chi connectivity index (χ1n) is 7.97. The molecule has 1 aliphatic rings. The Morgan fingerprint density at radius 2 is 2.17 bits per heavy atom. The van der Waals surface area contributed by atoms with Crippen molar-refractivity contribution >= 4 is 22.8 Å². The van der Waals surface area contributed by atoms with Crippen LogP contribution >= 0.6 is 0 Å². The number of nitrogens with one attached hydrogen (secondary N) is 1. The standard InChI is InChI=1S/C17H20N4O3/c18-16(22)13-6-3-10-21(13)17(23)20-9-11-24-14-7-1-4-12-5-2-8-19-15(12)14/h1-2,4-5,7-8,13H,3,6,9-11H2,(H2,18,22)(H,20,23)/t13-/m1/s1. The van der Waals surface area contributed by atoms with Gasteiger partial charge in [0.1, 0.15) is 23.9 Å². The summed E-state index contributed by atoms with van der Waals surface area (Å²) >= 11 is 0. The lowest BCUT2D eigenvalue weighted by molar-refractivity contribution is -0.121. The number of carbonyl (C=O) groups is 2. The van der Waals surface area contributed by atoms with Gasteiger partial charge in [-0.15, -0.1) is 0 Å². The Balaban J connectivity index is 1.52. The van der Waals surface area contributed by atoms with Crippen LogP contribution in [0.15, 0.2) is 36.5 Å². The number of hydrogen-bond acceptors (Lipinski definition) is 4. The Morgan fingerprint density at radius 3 is 3.00 bits per heavy atom. The summed E-state index contributed by atoms with van der Waals surface area (Å²) < 4.78 is 5.72. The van der Waals surface area contributed by atoms with Crippen molar-refractivity contribution in [2.45, 2.75) is 18.9 Å². The largest absolute Gasteiger partial charge is 0.489 e. The summed E-state index contributed by atoms with van der Waals surface area (Å²) in [5.74, 6) is 0.222. The molecule has 1 atom stereocenters. The van der Waals surface area contributed by atoms with Crippen LogP contribution in [0, 0.1) is 0 Å². The number of hydrogen-bond donors (Lipinski definition) is 2. The van der Waals surface area contributed by atoms with E-state index in [4.69, 9.17) is 10.5 Å². The highest BCUT2D eigenvalue weighted by atomic mass is 16.5. The molecule has 24 heavy (non-hydrogen) atoms. The van der Waals surface area contributed by atoms with Gasteiger partial charge < -0.3 is 20.7 Å². The molecule has 7 heteroatoms. The van der Waals surface area contributed by atoms with E-state index in [1.807, 2.05) is 30.3 Å². The second-order valence-electron chi connectivity index (χ2n) is 5.67. The summed E-state index contributed by atoms with van der Waals surface area (Å²) in [4.78, 5) is 29.3. The number of ether oxygens (including phenoxy) is 1. The van der Waals surface area contributed by atoms with Gasteiger partial charge in [0, 0.05) is 18.1 Å². The van der Waals surface area contributed by atoms with Gasteiger partial charge >= 0.3 is 6.03 Å². The number of amides is 3. The lowest BCUT2D eigenvalue weighted by Gasteiger charge is -2.22. The zero-order valence-electron chi connectivity index (χ0n) is 13.3. The first-order chi connectivity index (χ1) is 11.7. The monoisotopic (exact) mass is 328 g/mol. The molecule has 2 heterocycles. The molecule has 3 amide bonds. The molecule has 3 N–H and O–H groups in total. The minimum atomic E-state index is -0.506. The zero-order chi connectivity index (χ0) is 16.9. The average molecular weight is 328 g/mol. The van der Waals surface area contributed by atoms with Crippen LogP contribution in [0.5, 0.6) is 5.75 Å². The smallest absolute Gasteiger partial charge is 0.318 e. The molecule has 0 unspecified atom stereocenters. The third-order valence-electron chi connectivity index (χ3n) is 4.07. The Labute approximate surface area is 139 Å². The minimum Gasteiger partial charge on any atom is -0.489 e. The van der Waals surface area contributed by atoms with E-state index in [9.17, 15) is 9.59 Å². The predicted molar refractivity (Wildman–Crippen MR) is 89.6 cm³/mol. The Bertz CT molecular complexity index is 744. The summed E-state index contributed by atoms with van der Waals surface area (Å²) in [6, 6.07) is 8.77. The van der Waals surface area contributed by atoms with Gasteiger partial charge in [-0.3, -0.25) is 9.78 Å². The van der Waals surface area contributed by atoms with E-state index in [0.717, 1.165) is 17.3 Å². The number of carbonyl (C=O) groups excluding carboxylic acids is 2. The number of urea groups is 1. The molecule has 1 fully saturated rings. The van der Waals surface area contributed by atoms with E-state index in [1.165, 1.54) is 4.90 Å². The van der Waals surface area contributed by atoms with Crippen LogP contribution in [0.2, 0.25) is 0 Å². The number of nitrogens with two attached hydrogens (primary N) is 1. The molecule has 0 radical (unpaired) electrons. The van der Waals surface area contributed by atoms with Gasteiger partial charge in [0.05, 0.1) is 6.54 Å². The number of pyridine rings is 1. The van der Waals surface area contributed by atoms with E-state index >= 15 is 0 Å². The molecule has 1 aromatic carbocycles. The summed E-state index contributed by atoms with van der Waals surface area (Å²) in [7, 11) is 0. The highest BCUT2D eigenvalue weighted by molar-refractivity contribution is 5.86. The predicted octanol–water partition coefficient (Wildman–Crippen LogP) is 1.27. The molecule has 0 bridgehead atoms. The topological polar surface area (TPSA) is 97.6 Å². The third-order valence-corrected chi connectivity index (χ3v) is 4.07. The van der Waals surface area contributed by atoms with Crippen LogP contribution in [-0.4, -0.2) is 47.6 Å². The minimum absolute atomic E-state index is 0.282. The fraction of sp³-hybridized carbons (Fsp3) is 0.353. The molecule has 7 nitrogen and oxygen atoms in total. The number of nitrogens with zero attached hydrogens (tertiary/aromatic N) is 2. The van der Waals surface area contributed by atoms with Gasteiger partial charge in [-0.25, -0.2) is 4.79 Å². The van der Waals surface area contributed by atoms with Crippen LogP contribution in [0.4, 0.5) is 4.79 Å². The highest BCUT2D eigenvalue weighted by Crippen LogP contribution is 2.22. The highest BCUT2D eigenvalue weighted by Gasteiger charge is 2.32. The molecule has 0 saturated carbocycles. The summed E-state index contributed by atoms with van der Waals surface area (Å²) in [5, 5.41) is 3.76. The Kier molecular flexibility index (Phi) is 4.79. The van der Waals surface area contributed by atoms with Crippen molar-refractivity contribution in [2.24, 2.45) is 5.73 Å². The number of para-hydroxylation sites is 1.